The van der Waals surface area contributed by atoms with Gasteiger partial charge >= 0.3 is 0 Å². The van der Waals surface area contributed by atoms with Crippen molar-refractivity contribution in [2.75, 3.05) is 20.6 Å². The molecule has 2 heterocycles. The topological polar surface area (TPSA) is 41.4 Å². The van der Waals surface area contributed by atoms with E-state index in [2.05, 4.69) is 38.7 Å². The van der Waals surface area contributed by atoms with Crippen LogP contribution in [0.1, 0.15) is 24.2 Å². The van der Waals surface area contributed by atoms with Gasteiger partial charge in [-0.25, -0.2) is 4.98 Å². The van der Waals surface area contributed by atoms with Crippen LogP contribution in [0.2, 0.25) is 0 Å². The van der Waals surface area contributed by atoms with Crippen molar-refractivity contribution in [3.8, 4) is 0 Å². The van der Waals surface area contributed by atoms with Gasteiger partial charge in [0.2, 0.25) is 5.91 Å². The molecule has 1 fully saturated rings. The van der Waals surface area contributed by atoms with Crippen LogP contribution in [0.15, 0.2) is 42.7 Å². The number of likely N-dealkylation sites (tertiary alicyclic amines) is 1. The zero-order valence-corrected chi connectivity index (χ0v) is 13.9. The van der Waals surface area contributed by atoms with E-state index in [1.54, 1.807) is 4.90 Å². The van der Waals surface area contributed by atoms with Gasteiger partial charge in [-0.3, -0.25) is 9.69 Å². The highest BCUT2D eigenvalue weighted by atomic mass is 16.2. The molecule has 1 aliphatic rings. The second-order valence-electron chi connectivity index (χ2n) is 6.32. The lowest BCUT2D eigenvalue weighted by atomic mass is 10.2. The van der Waals surface area contributed by atoms with Gasteiger partial charge < -0.3 is 9.47 Å². The monoisotopic (exact) mass is 312 g/mol. The normalized spacial score (nSPS) is 18.3. The van der Waals surface area contributed by atoms with E-state index in [4.69, 9.17) is 0 Å². The number of carbonyl (C=O) groups is 1. The predicted molar refractivity (Wildman–Crippen MR) is 89.9 cm³/mol. The minimum atomic E-state index is -0.00752. The van der Waals surface area contributed by atoms with Crippen LogP contribution in [0.5, 0.6) is 0 Å². The van der Waals surface area contributed by atoms with E-state index in [0.29, 0.717) is 0 Å². The van der Waals surface area contributed by atoms with Gasteiger partial charge in [0.15, 0.2) is 0 Å². The number of likely N-dealkylation sites (N-methyl/N-ethyl adjacent to an activating group) is 1. The first-order chi connectivity index (χ1) is 11.1. The van der Waals surface area contributed by atoms with E-state index >= 15 is 0 Å². The van der Waals surface area contributed by atoms with Crippen molar-refractivity contribution in [2.45, 2.75) is 32.0 Å². The first kappa shape index (κ1) is 15.7. The number of hydrogen-bond donors (Lipinski definition) is 0. The molecule has 5 nitrogen and oxygen atoms in total. The summed E-state index contributed by atoms with van der Waals surface area (Å²) in [6, 6.07) is 10.4. The number of rotatable bonds is 5. The summed E-state index contributed by atoms with van der Waals surface area (Å²) < 4.78 is 2.17. The van der Waals surface area contributed by atoms with Crippen LogP contribution in [-0.2, 0) is 17.9 Å². The zero-order chi connectivity index (χ0) is 16.2. The van der Waals surface area contributed by atoms with Crippen LogP contribution in [-0.4, -0.2) is 51.9 Å². The number of nitrogens with zero attached hydrogens (tertiary/aromatic N) is 4. The van der Waals surface area contributed by atoms with Gasteiger partial charge in [-0.15, -0.1) is 0 Å². The van der Waals surface area contributed by atoms with E-state index < -0.39 is 0 Å². The molecular weight excluding hydrogens is 288 g/mol. The molecule has 1 aromatic carbocycles. The molecule has 5 heteroatoms. The predicted octanol–water partition coefficient (Wildman–Crippen LogP) is 1.98. The van der Waals surface area contributed by atoms with Crippen LogP contribution in [0.3, 0.4) is 0 Å². The van der Waals surface area contributed by atoms with Crippen LogP contribution >= 0.6 is 0 Å². The molecule has 1 saturated heterocycles. The minimum Gasteiger partial charge on any atom is -0.347 e. The first-order valence-corrected chi connectivity index (χ1v) is 8.14. The summed E-state index contributed by atoms with van der Waals surface area (Å²) in [6.07, 6.45) is 5.87. The third kappa shape index (κ3) is 3.62. The Kier molecular flexibility index (Phi) is 4.76. The maximum atomic E-state index is 12.3. The van der Waals surface area contributed by atoms with Crippen molar-refractivity contribution in [3.63, 3.8) is 0 Å². The second kappa shape index (κ2) is 6.96. The number of carbonyl (C=O) groups excluding carboxylic acids is 1. The summed E-state index contributed by atoms with van der Waals surface area (Å²) in [6.45, 7) is 2.50. The molecular formula is C18H24N4O. The van der Waals surface area contributed by atoms with Gasteiger partial charge in [0.05, 0.1) is 12.6 Å². The van der Waals surface area contributed by atoms with E-state index in [1.165, 1.54) is 5.56 Å². The molecule has 0 N–H and O–H groups in total. The maximum Gasteiger partial charge on any atom is 0.239 e. The van der Waals surface area contributed by atoms with Crippen molar-refractivity contribution in [2.24, 2.45) is 0 Å². The van der Waals surface area contributed by atoms with E-state index in [-0.39, 0.29) is 11.9 Å². The molecule has 0 radical (unpaired) electrons. The lowest BCUT2D eigenvalue weighted by molar-refractivity contribution is -0.133. The third-order valence-corrected chi connectivity index (χ3v) is 4.43. The Morgan fingerprint density at radius 3 is 2.78 bits per heavy atom. The zero-order valence-electron chi connectivity index (χ0n) is 13.9. The minimum absolute atomic E-state index is 0.00752. The highest BCUT2D eigenvalue weighted by Crippen LogP contribution is 2.21. The van der Waals surface area contributed by atoms with Crippen molar-refractivity contribution < 1.29 is 4.79 Å². The summed E-state index contributed by atoms with van der Waals surface area (Å²) in [5, 5.41) is 0. The highest BCUT2D eigenvalue weighted by Gasteiger charge is 2.32. The second-order valence-corrected chi connectivity index (χ2v) is 6.32. The molecule has 0 aliphatic carbocycles. The summed E-state index contributed by atoms with van der Waals surface area (Å²) in [7, 11) is 3.66. The molecule has 1 aliphatic heterocycles. The Balaban J connectivity index is 1.71. The fourth-order valence-corrected chi connectivity index (χ4v) is 3.19. The van der Waals surface area contributed by atoms with Gasteiger partial charge in [-0.05, 0) is 24.9 Å². The van der Waals surface area contributed by atoms with Crippen molar-refractivity contribution in [3.05, 3.63) is 54.1 Å². The highest BCUT2D eigenvalue weighted by molar-refractivity contribution is 5.81. The lowest BCUT2D eigenvalue weighted by Gasteiger charge is -2.26. The number of imidazole rings is 1. The van der Waals surface area contributed by atoms with Crippen LogP contribution < -0.4 is 0 Å². The third-order valence-electron chi connectivity index (χ3n) is 4.43. The number of hydrogen-bond acceptors (Lipinski definition) is 3. The maximum absolute atomic E-state index is 12.3. The van der Waals surface area contributed by atoms with Gasteiger partial charge in [0.1, 0.15) is 5.82 Å². The van der Waals surface area contributed by atoms with E-state index in [9.17, 15) is 4.79 Å². The van der Waals surface area contributed by atoms with E-state index in [1.807, 2.05) is 32.6 Å². The fourth-order valence-electron chi connectivity index (χ4n) is 3.19. The quantitative estimate of drug-likeness (QED) is 0.848. The van der Waals surface area contributed by atoms with Gasteiger partial charge in [-0.1, -0.05) is 30.3 Å². The molecule has 1 atom stereocenters. The number of amides is 1. The summed E-state index contributed by atoms with van der Waals surface area (Å²) in [5.74, 6) is 1.22. The number of aromatic nitrogens is 2. The van der Waals surface area contributed by atoms with Crippen LogP contribution in [0, 0.1) is 0 Å². The molecule has 0 spiro atoms. The summed E-state index contributed by atoms with van der Waals surface area (Å²) in [5.41, 5.74) is 1.26. The van der Waals surface area contributed by atoms with Crippen molar-refractivity contribution >= 4 is 5.91 Å². The first-order valence-electron chi connectivity index (χ1n) is 8.14. The van der Waals surface area contributed by atoms with Crippen molar-refractivity contribution in [1.29, 1.82) is 0 Å². The summed E-state index contributed by atoms with van der Waals surface area (Å²) in [4.78, 5) is 20.8. The average molecular weight is 312 g/mol. The standard InChI is InChI=1S/C18H24N4O/c1-20(2)18(23)16-9-6-11-21(16)14-17-19-10-12-22(17)13-15-7-4-3-5-8-15/h3-5,7-8,10,12,16H,6,9,11,13-14H2,1-2H3/t16-/m1/s1. The molecule has 0 saturated carbocycles. The Labute approximate surface area is 137 Å². The molecule has 0 bridgehead atoms. The molecule has 23 heavy (non-hydrogen) atoms. The average Bonchev–Trinajstić information content (AvgIpc) is 3.18. The molecule has 122 valence electrons. The Morgan fingerprint density at radius 2 is 2.04 bits per heavy atom. The fraction of sp³-hybridized carbons (Fsp3) is 0.444. The van der Waals surface area contributed by atoms with Gasteiger partial charge in [0, 0.05) is 33.0 Å². The molecule has 0 unspecified atom stereocenters. The van der Waals surface area contributed by atoms with Crippen LogP contribution in [0.25, 0.3) is 0 Å². The Hall–Kier alpha value is -2.14. The Morgan fingerprint density at radius 1 is 1.26 bits per heavy atom. The van der Waals surface area contributed by atoms with Gasteiger partial charge in [-0.2, -0.15) is 0 Å². The largest absolute Gasteiger partial charge is 0.347 e. The van der Waals surface area contributed by atoms with Crippen LogP contribution in [0.4, 0.5) is 0 Å². The van der Waals surface area contributed by atoms with Gasteiger partial charge in [0.25, 0.3) is 0 Å². The smallest absolute Gasteiger partial charge is 0.239 e. The molecule has 1 aromatic heterocycles. The summed E-state index contributed by atoms with van der Waals surface area (Å²) >= 11 is 0. The lowest BCUT2D eigenvalue weighted by Crippen LogP contribution is -2.42. The SMILES string of the molecule is CN(C)C(=O)[C@H]1CCCN1Cc1nccn1Cc1ccccc1. The molecule has 3 rings (SSSR count). The molecule has 1 amide bonds. The van der Waals surface area contributed by atoms with Crippen molar-refractivity contribution in [1.82, 2.24) is 19.4 Å². The van der Waals surface area contributed by atoms with E-state index in [0.717, 1.165) is 38.3 Å². The Bertz CT molecular complexity index is 650. The number of benzene rings is 1. The molecule has 2 aromatic rings.